The van der Waals surface area contributed by atoms with Gasteiger partial charge in [-0.1, -0.05) is 5.16 Å². The summed E-state index contributed by atoms with van der Waals surface area (Å²) in [5.41, 5.74) is -0.576. The van der Waals surface area contributed by atoms with Crippen LogP contribution in [-0.4, -0.2) is 36.0 Å². The number of alkyl halides is 1. The zero-order chi connectivity index (χ0) is 13.5. The van der Waals surface area contributed by atoms with Crippen LogP contribution in [0.3, 0.4) is 0 Å². The van der Waals surface area contributed by atoms with Crippen LogP contribution in [0.2, 0.25) is 0 Å². The second-order valence-electron chi connectivity index (χ2n) is 3.93. The van der Waals surface area contributed by atoms with E-state index in [1.54, 1.807) is 13.8 Å². The summed E-state index contributed by atoms with van der Waals surface area (Å²) >= 11 is 5.26. The average molecular weight is 260 g/mol. The van der Waals surface area contributed by atoms with Gasteiger partial charge in [-0.2, -0.15) is 5.26 Å². The zero-order valence-electron chi connectivity index (χ0n) is 9.94. The number of halogens is 1. The molecule has 0 aliphatic carbocycles. The molecular weight excluding hydrogens is 246 g/mol. The van der Waals surface area contributed by atoms with Crippen molar-refractivity contribution in [3.05, 3.63) is 0 Å². The lowest BCUT2D eigenvalue weighted by atomic mass is 9.92. The van der Waals surface area contributed by atoms with E-state index in [9.17, 15) is 9.59 Å². The van der Waals surface area contributed by atoms with Gasteiger partial charge in [0.05, 0.1) is 11.5 Å². The molecule has 0 aliphatic heterocycles. The van der Waals surface area contributed by atoms with E-state index >= 15 is 0 Å². The second kappa shape index (κ2) is 6.86. The molecule has 0 heterocycles. The van der Waals surface area contributed by atoms with Crippen LogP contribution in [0, 0.1) is 16.7 Å². The van der Waals surface area contributed by atoms with Gasteiger partial charge in [0.15, 0.2) is 0 Å². The van der Waals surface area contributed by atoms with Gasteiger partial charge < -0.3 is 0 Å². The minimum atomic E-state index is -0.915. The number of carbonyl (C=O) groups excluding carboxylic acids is 2. The lowest BCUT2D eigenvalue weighted by molar-refractivity contribution is -0.125. The summed E-state index contributed by atoms with van der Waals surface area (Å²) < 4.78 is 0. The van der Waals surface area contributed by atoms with Crippen molar-refractivity contribution in [3.8, 4) is 6.07 Å². The standard InChI is InChI=1S/C10H14ClN3O3/c1-10(2,7-12)4-5-13-17-9(16)14(3)8(15)6-11/h5H,4,6H2,1-3H3. The maximum absolute atomic E-state index is 11.2. The van der Waals surface area contributed by atoms with Crippen molar-refractivity contribution in [2.24, 2.45) is 10.6 Å². The van der Waals surface area contributed by atoms with Gasteiger partial charge in [0.1, 0.15) is 5.88 Å². The summed E-state index contributed by atoms with van der Waals surface area (Å²) in [5, 5.41) is 12.1. The van der Waals surface area contributed by atoms with Gasteiger partial charge in [0, 0.05) is 19.7 Å². The van der Waals surface area contributed by atoms with Gasteiger partial charge in [-0.3, -0.25) is 9.63 Å². The Morgan fingerprint density at radius 3 is 2.65 bits per heavy atom. The molecule has 0 aliphatic rings. The molecule has 0 saturated carbocycles. The Balaban J connectivity index is 4.14. The molecule has 0 unspecified atom stereocenters. The Bertz CT molecular complexity index is 360. The molecule has 0 aromatic rings. The molecule has 0 atom stereocenters. The molecule has 6 nitrogen and oxygen atoms in total. The van der Waals surface area contributed by atoms with E-state index in [0.29, 0.717) is 6.42 Å². The highest BCUT2D eigenvalue weighted by atomic mass is 35.5. The Labute approximate surface area is 105 Å². The van der Waals surface area contributed by atoms with Crippen molar-refractivity contribution in [2.75, 3.05) is 12.9 Å². The van der Waals surface area contributed by atoms with Crippen LogP contribution in [0.1, 0.15) is 20.3 Å². The van der Waals surface area contributed by atoms with Gasteiger partial charge in [0.25, 0.3) is 0 Å². The molecule has 0 bridgehead atoms. The van der Waals surface area contributed by atoms with Crippen molar-refractivity contribution >= 4 is 29.8 Å². The van der Waals surface area contributed by atoms with Gasteiger partial charge >= 0.3 is 6.09 Å². The third-order valence-corrected chi connectivity index (χ3v) is 2.10. The number of carbonyl (C=O) groups is 2. The van der Waals surface area contributed by atoms with E-state index in [4.69, 9.17) is 16.9 Å². The first-order valence-corrected chi connectivity index (χ1v) is 5.34. The first-order valence-electron chi connectivity index (χ1n) is 4.80. The van der Waals surface area contributed by atoms with Crippen molar-refractivity contribution in [1.29, 1.82) is 5.26 Å². The highest BCUT2D eigenvalue weighted by Crippen LogP contribution is 2.16. The van der Waals surface area contributed by atoms with Gasteiger partial charge in [-0.15, -0.1) is 11.6 Å². The molecule has 2 amide bonds. The topological polar surface area (TPSA) is 82.8 Å². The number of hydrogen-bond acceptors (Lipinski definition) is 5. The smallest absolute Gasteiger partial charge is 0.298 e. The van der Waals surface area contributed by atoms with Crippen LogP contribution < -0.4 is 0 Å². The third kappa shape index (κ3) is 5.88. The van der Waals surface area contributed by atoms with E-state index in [1.165, 1.54) is 13.3 Å². The van der Waals surface area contributed by atoms with E-state index < -0.39 is 17.4 Å². The normalized spacial score (nSPS) is 11.0. The maximum Gasteiger partial charge on any atom is 0.442 e. The fourth-order valence-electron chi connectivity index (χ4n) is 0.646. The van der Waals surface area contributed by atoms with Crippen LogP contribution in [0.25, 0.3) is 0 Å². The molecule has 0 saturated heterocycles. The molecule has 94 valence electrons. The third-order valence-electron chi connectivity index (χ3n) is 1.87. The summed E-state index contributed by atoms with van der Waals surface area (Å²) in [4.78, 5) is 27.3. The molecule has 0 fully saturated rings. The number of hydrogen-bond donors (Lipinski definition) is 0. The lowest BCUT2D eigenvalue weighted by Gasteiger charge is -2.11. The summed E-state index contributed by atoms with van der Waals surface area (Å²) in [6.07, 6.45) is 0.728. The molecule has 0 N–H and O–H groups in total. The fraction of sp³-hybridized carbons (Fsp3) is 0.600. The maximum atomic E-state index is 11.2. The Morgan fingerprint density at radius 2 is 2.18 bits per heavy atom. The molecular formula is C10H14ClN3O3. The number of nitrogens with zero attached hydrogens (tertiary/aromatic N) is 3. The Hall–Kier alpha value is -1.61. The SMILES string of the molecule is CN(C(=O)CCl)C(=O)ON=CCC(C)(C)C#N. The van der Waals surface area contributed by atoms with Gasteiger partial charge in [-0.05, 0) is 13.8 Å². The van der Waals surface area contributed by atoms with Crippen molar-refractivity contribution in [2.45, 2.75) is 20.3 Å². The quantitative estimate of drug-likeness (QED) is 0.333. The Morgan fingerprint density at radius 1 is 1.59 bits per heavy atom. The summed E-state index contributed by atoms with van der Waals surface area (Å²) in [5.74, 6) is -0.888. The van der Waals surface area contributed by atoms with Crippen LogP contribution in [0.5, 0.6) is 0 Å². The zero-order valence-corrected chi connectivity index (χ0v) is 10.7. The molecule has 0 radical (unpaired) electrons. The predicted octanol–water partition coefficient (Wildman–Crippen LogP) is 1.75. The van der Waals surface area contributed by atoms with Crippen molar-refractivity contribution < 1.29 is 14.4 Å². The summed E-state index contributed by atoms with van der Waals surface area (Å²) in [6, 6.07) is 2.07. The fourth-order valence-corrected chi connectivity index (χ4v) is 0.825. The number of nitriles is 1. The molecule has 0 aromatic carbocycles. The number of amides is 2. The lowest BCUT2D eigenvalue weighted by Crippen LogP contribution is -2.33. The summed E-state index contributed by atoms with van der Waals surface area (Å²) in [6.45, 7) is 3.45. The van der Waals surface area contributed by atoms with E-state index in [-0.39, 0.29) is 5.88 Å². The van der Waals surface area contributed by atoms with Crippen LogP contribution >= 0.6 is 11.6 Å². The van der Waals surface area contributed by atoms with Crippen molar-refractivity contribution in [1.82, 2.24) is 4.90 Å². The molecule has 0 rings (SSSR count). The molecule has 0 aromatic heterocycles. The highest BCUT2D eigenvalue weighted by molar-refractivity contribution is 6.28. The van der Waals surface area contributed by atoms with E-state index in [0.717, 1.165) is 4.90 Å². The Kier molecular flexibility index (Phi) is 6.21. The molecule has 0 spiro atoms. The van der Waals surface area contributed by atoms with Crippen LogP contribution in [-0.2, 0) is 9.63 Å². The second-order valence-corrected chi connectivity index (χ2v) is 4.20. The average Bonchev–Trinajstić information content (AvgIpc) is 2.32. The molecule has 7 heteroatoms. The van der Waals surface area contributed by atoms with E-state index in [2.05, 4.69) is 16.1 Å². The first kappa shape index (κ1) is 15.4. The minimum absolute atomic E-state index is 0.309. The van der Waals surface area contributed by atoms with E-state index in [1.807, 2.05) is 0 Å². The highest BCUT2D eigenvalue weighted by Gasteiger charge is 2.18. The van der Waals surface area contributed by atoms with Crippen LogP contribution in [0.15, 0.2) is 5.16 Å². The van der Waals surface area contributed by atoms with Gasteiger partial charge in [-0.25, -0.2) is 9.69 Å². The number of rotatable bonds is 4. The van der Waals surface area contributed by atoms with Crippen LogP contribution in [0.4, 0.5) is 4.79 Å². The number of oxime groups is 1. The predicted molar refractivity (Wildman–Crippen MR) is 62.5 cm³/mol. The molecule has 17 heavy (non-hydrogen) atoms. The van der Waals surface area contributed by atoms with Crippen molar-refractivity contribution in [3.63, 3.8) is 0 Å². The largest absolute Gasteiger partial charge is 0.442 e. The first-order chi connectivity index (χ1) is 7.84. The monoisotopic (exact) mass is 259 g/mol. The summed E-state index contributed by atoms with van der Waals surface area (Å²) in [7, 11) is 1.24. The minimum Gasteiger partial charge on any atom is -0.298 e. The number of imide groups is 1. The van der Waals surface area contributed by atoms with Gasteiger partial charge in [0.2, 0.25) is 5.91 Å².